The SMILES string of the molecule is CCCOc1cnc(CN2C(=O)c3cccc(c3)SNc3nc(cc(-c4c(C)cccc4C)n3)OC[C@H]2CC(C)C)nc1. The van der Waals surface area contributed by atoms with Crippen molar-refractivity contribution in [1.29, 1.82) is 0 Å². The molecule has 9 nitrogen and oxygen atoms in total. The van der Waals surface area contributed by atoms with E-state index in [0.717, 1.165) is 40.1 Å². The zero-order chi connectivity index (χ0) is 30.3. The number of hydrogen-bond donors (Lipinski definition) is 1. The summed E-state index contributed by atoms with van der Waals surface area (Å²) in [4.78, 5) is 35.4. The Morgan fingerprint density at radius 3 is 2.53 bits per heavy atom. The summed E-state index contributed by atoms with van der Waals surface area (Å²) in [6.07, 6.45) is 4.94. The van der Waals surface area contributed by atoms with Crippen LogP contribution in [0.4, 0.5) is 5.95 Å². The molecule has 0 saturated carbocycles. The van der Waals surface area contributed by atoms with Crippen molar-refractivity contribution >= 4 is 23.8 Å². The van der Waals surface area contributed by atoms with Crippen LogP contribution in [0.2, 0.25) is 0 Å². The van der Waals surface area contributed by atoms with Gasteiger partial charge in [-0.3, -0.25) is 9.52 Å². The second-order valence-corrected chi connectivity index (χ2v) is 12.0. The van der Waals surface area contributed by atoms with Gasteiger partial charge in [0.25, 0.3) is 5.91 Å². The van der Waals surface area contributed by atoms with Crippen LogP contribution < -0.4 is 14.2 Å². The summed E-state index contributed by atoms with van der Waals surface area (Å²) < 4.78 is 15.3. The van der Waals surface area contributed by atoms with E-state index >= 15 is 0 Å². The molecule has 224 valence electrons. The van der Waals surface area contributed by atoms with Crippen LogP contribution in [0, 0.1) is 19.8 Å². The predicted molar refractivity (Wildman–Crippen MR) is 169 cm³/mol. The normalized spacial score (nSPS) is 15.2. The van der Waals surface area contributed by atoms with E-state index in [1.807, 2.05) is 48.2 Å². The van der Waals surface area contributed by atoms with Crippen molar-refractivity contribution in [2.24, 2.45) is 5.92 Å². The van der Waals surface area contributed by atoms with Crippen LogP contribution in [0.3, 0.4) is 0 Å². The molecule has 1 atom stereocenters. The van der Waals surface area contributed by atoms with Crippen LogP contribution in [0.15, 0.2) is 65.8 Å². The van der Waals surface area contributed by atoms with Gasteiger partial charge in [0.1, 0.15) is 12.4 Å². The number of carbonyl (C=O) groups is 1. The molecule has 43 heavy (non-hydrogen) atoms. The molecule has 10 heteroatoms. The Labute approximate surface area is 257 Å². The molecular weight excluding hydrogens is 560 g/mol. The van der Waals surface area contributed by atoms with Crippen molar-refractivity contribution in [2.75, 3.05) is 17.9 Å². The summed E-state index contributed by atoms with van der Waals surface area (Å²) in [5.74, 6) is 2.22. The van der Waals surface area contributed by atoms with E-state index in [0.29, 0.717) is 41.5 Å². The quantitative estimate of drug-likeness (QED) is 0.217. The molecule has 2 aromatic heterocycles. The standard InChI is InChI=1S/C33H38N6O3S/c1-6-13-41-26-17-34-29(35-18-26)19-39-25(14-21(2)3)20-42-30-16-28(31-22(4)9-7-10-23(31)5)36-33(37-30)38-43-27-12-8-11-24(15-27)32(39)40/h7-12,15-18,21,25H,6,13-14,19-20H2,1-5H3,(H,36,37,38)/t25-/m1/s1. The van der Waals surface area contributed by atoms with E-state index in [9.17, 15) is 4.79 Å². The molecule has 4 aromatic rings. The number of nitrogens with zero attached hydrogens (tertiary/aromatic N) is 5. The van der Waals surface area contributed by atoms with E-state index in [2.05, 4.69) is 54.5 Å². The van der Waals surface area contributed by atoms with E-state index < -0.39 is 0 Å². The maximum absolute atomic E-state index is 14.2. The second kappa shape index (κ2) is 13.9. The van der Waals surface area contributed by atoms with E-state index in [1.165, 1.54) is 11.9 Å². The molecule has 5 rings (SSSR count). The highest BCUT2D eigenvalue weighted by Crippen LogP contribution is 2.31. The minimum Gasteiger partial charge on any atom is -0.490 e. The van der Waals surface area contributed by atoms with Crippen molar-refractivity contribution in [3.63, 3.8) is 0 Å². The predicted octanol–water partition coefficient (Wildman–Crippen LogP) is 6.91. The molecule has 1 aliphatic rings. The summed E-state index contributed by atoms with van der Waals surface area (Å²) in [6, 6.07) is 15.4. The first-order valence-electron chi connectivity index (χ1n) is 14.7. The Hall–Kier alpha value is -4.18. The van der Waals surface area contributed by atoms with Gasteiger partial charge in [-0.15, -0.1) is 0 Å². The lowest BCUT2D eigenvalue weighted by molar-refractivity contribution is 0.0545. The van der Waals surface area contributed by atoms with Crippen LogP contribution >= 0.6 is 11.9 Å². The Kier molecular flexibility index (Phi) is 9.76. The Morgan fingerprint density at radius 1 is 1.07 bits per heavy atom. The minimum absolute atomic E-state index is 0.111. The fraction of sp³-hybridized carbons (Fsp3) is 0.364. The molecule has 2 aromatic carbocycles. The third kappa shape index (κ3) is 7.62. The maximum atomic E-state index is 14.2. The Morgan fingerprint density at radius 2 is 1.81 bits per heavy atom. The molecule has 4 bridgehead atoms. The molecule has 0 fully saturated rings. The fourth-order valence-corrected chi connectivity index (χ4v) is 5.74. The fourth-order valence-electron chi connectivity index (χ4n) is 5.10. The van der Waals surface area contributed by atoms with Gasteiger partial charge >= 0.3 is 0 Å². The van der Waals surface area contributed by atoms with Gasteiger partial charge in [-0.25, -0.2) is 15.0 Å². The van der Waals surface area contributed by atoms with Gasteiger partial charge in [0.15, 0.2) is 5.75 Å². The van der Waals surface area contributed by atoms with Crippen molar-refractivity contribution in [2.45, 2.75) is 64.9 Å². The smallest absolute Gasteiger partial charge is 0.254 e. The largest absolute Gasteiger partial charge is 0.490 e. The van der Waals surface area contributed by atoms with E-state index in [-0.39, 0.29) is 25.1 Å². The average Bonchev–Trinajstić information content (AvgIpc) is 3.00. The third-order valence-corrected chi connectivity index (χ3v) is 7.89. The first kappa shape index (κ1) is 30.3. The molecule has 1 N–H and O–H groups in total. The highest BCUT2D eigenvalue weighted by Gasteiger charge is 2.28. The molecule has 1 aliphatic heterocycles. The van der Waals surface area contributed by atoms with Crippen molar-refractivity contribution < 1.29 is 14.3 Å². The molecule has 0 spiro atoms. The van der Waals surface area contributed by atoms with Gasteiger partial charge in [-0.05, 0) is 73.9 Å². The monoisotopic (exact) mass is 598 g/mol. The van der Waals surface area contributed by atoms with Crippen LogP contribution in [-0.4, -0.2) is 50.0 Å². The lowest BCUT2D eigenvalue weighted by atomic mass is 10.00. The molecule has 3 heterocycles. The summed E-state index contributed by atoms with van der Waals surface area (Å²) in [7, 11) is 0. The number of nitrogens with one attached hydrogen (secondary N) is 1. The van der Waals surface area contributed by atoms with Crippen molar-refractivity contribution in [3.8, 4) is 22.9 Å². The van der Waals surface area contributed by atoms with Gasteiger partial charge in [-0.1, -0.05) is 45.0 Å². The first-order chi connectivity index (χ1) is 20.8. The lowest BCUT2D eigenvalue weighted by Gasteiger charge is -2.32. The van der Waals surface area contributed by atoms with Crippen molar-refractivity contribution in [1.82, 2.24) is 24.8 Å². The zero-order valence-electron chi connectivity index (χ0n) is 25.3. The summed E-state index contributed by atoms with van der Waals surface area (Å²) >= 11 is 1.35. The Bertz CT molecular complexity index is 1540. The second-order valence-electron chi connectivity index (χ2n) is 11.1. The van der Waals surface area contributed by atoms with E-state index in [1.54, 1.807) is 12.4 Å². The number of amides is 1. The number of rotatable bonds is 8. The van der Waals surface area contributed by atoms with Crippen molar-refractivity contribution in [3.05, 3.63) is 83.4 Å². The van der Waals surface area contributed by atoms with Gasteiger partial charge in [0, 0.05) is 22.1 Å². The number of ether oxygens (including phenoxy) is 2. The van der Waals surface area contributed by atoms with Gasteiger partial charge in [0.05, 0.1) is 37.3 Å². The number of aromatic nitrogens is 4. The summed E-state index contributed by atoms with van der Waals surface area (Å²) in [5.41, 5.74) is 4.64. The number of carbonyl (C=O) groups excluding carboxylic acids is 1. The topological polar surface area (TPSA) is 102 Å². The van der Waals surface area contributed by atoms with Crippen LogP contribution in [-0.2, 0) is 6.54 Å². The van der Waals surface area contributed by atoms with Gasteiger partial charge in [0.2, 0.25) is 11.8 Å². The molecule has 0 aliphatic carbocycles. The molecular formula is C33H38N6O3S. The third-order valence-electron chi connectivity index (χ3n) is 7.12. The molecule has 1 amide bonds. The number of hydrogen-bond acceptors (Lipinski definition) is 9. The first-order valence-corrected chi connectivity index (χ1v) is 15.5. The van der Waals surface area contributed by atoms with E-state index in [4.69, 9.17) is 19.4 Å². The highest BCUT2D eigenvalue weighted by atomic mass is 32.2. The minimum atomic E-state index is -0.265. The summed E-state index contributed by atoms with van der Waals surface area (Å²) in [5, 5.41) is 0. The Balaban J connectivity index is 1.54. The van der Waals surface area contributed by atoms with Crippen LogP contribution in [0.25, 0.3) is 11.3 Å². The molecule has 0 radical (unpaired) electrons. The lowest BCUT2D eigenvalue weighted by Crippen LogP contribution is -2.44. The van der Waals surface area contributed by atoms with Crippen LogP contribution in [0.5, 0.6) is 11.6 Å². The number of benzene rings is 2. The number of fused-ring (bicyclic) bond motifs is 4. The number of aryl methyl sites for hydroxylation is 2. The van der Waals surface area contributed by atoms with Gasteiger partial charge < -0.3 is 14.4 Å². The number of anilines is 1. The maximum Gasteiger partial charge on any atom is 0.254 e. The summed E-state index contributed by atoms with van der Waals surface area (Å²) in [6.45, 7) is 11.6. The zero-order valence-corrected chi connectivity index (χ0v) is 26.1. The molecule has 0 unspecified atom stereocenters. The van der Waals surface area contributed by atoms with Crippen LogP contribution in [0.1, 0.15) is 60.9 Å². The molecule has 0 saturated heterocycles. The highest BCUT2D eigenvalue weighted by molar-refractivity contribution is 8.00. The average molecular weight is 599 g/mol. The van der Waals surface area contributed by atoms with Gasteiger partial charge in [-0.2, -0.15) is 4.98 Å².